The second-order valence-corrected chi connectivity index (χ2v) is 14.6. The highest BCUT2D eigenvalue weighted by Gasteiger charge is 2.38. The van der Waals surface area contributed by atoms with Crippen molar-refractivity contribution in [2.75, 3.05) is 63.2 Å². The van der Waals surface area contributed by atoms with E-state index >= 15 is 8.78 Å². The molecule has 18 heteroatoms. The molecule has 1 saturated heterocycles. The number of amides is 1. The van der Waals surface area contributed by atoms with Crippen molar-refractivity contribution in [3.05, 3.63) is 98.7 Å². The van der Waals surface area contributed by atoms with Gasteiger partial charge in [0.2, 0.25) is 11.2 Å². The number of pyridine rings is 1. The molecular weight excluding hydrogens is 773 g/mol. The Kier molecular flexibility index (Phi) is 10.1. The monoisotopic (exact) mass is 812 g/mol. The van der Waals surface area contributed by atoms with Crippen LogP contribution in [0.3, 0.4) is 0 Å². The first-order chi connectivity index (χ1) is 28.3. The number of carbonyl (C=O) groups is 2. The van der Waals surface area contributed by atoms with Gasteiger partial charge >= 0.3 is 5.97 Å². The lowest BCUT2D eigenvalue weighted by Crippen LogP contribution is -2.56. The number of carboxylic acid groups (broad SMARTS) is 1. The molecule has 1 saturated carbocycles. The SMILES string of the molecule is COc1cc(Cc2cnc(/N=C3\C(=O)N(CN4CCN(c5c(F)cc6c(=O)c(C(=O)O)cn(C7CC7)c6c5F)CC4C)c4ccc(F)cc43)nc2N)cc(OC)c1OC. The number of aliphatic imine (C=N–C) groups is 1. The molecular formula is C41H39F3N8O7. The topological polar surface area (TPSA) is 178 Å². The summed E-state index contributed by atoms with van der Waals surface area (Å²) in [5, 5.41) is 9.25. The molecule has 0 bridgehead atoms. The zero-order chi connectivity index (χ0) is 41.9. The predicted octanol–water partition coefficient (Wildman–Crippen LogP) is 5.08. The van der Waals surface area contributed by atoms with Crippen molar-refractivity contribution < 1.29 is 42.1 Å². The van der Waals surface area contributed by atoms with Crippen LogP contribution in [-0.2, 0) is 11.2 Å². The Balaban J connectivity index is 1.03. The number of nitrogen functional groups attached to an aromatic ring is 1. The maximum atomic E-state index is 16.4. The van der Waals surface area contributed by atoms with E-state index in [9.17, 15) is 23.9 Å². The fraction of sp³-hybridized carbons (Fsp3) is 0.317. The van der Waals surface area contributed by atoms with Gasteiger partial charge in [0.15, 0.2) is 17.3 Å². The Labute approximate surface area is 335 Å². The van der Waals surface area contributed by atoms with E-state index in [-0.39, 0.29) is 78.0 Å². The molecule has 2 fully saturated rings. The summed E-state index contributed by atoms with van der Waals surface area (Å²) in [7, 11) is 4.53. The van der Waals surface area contributed by atoms with Crippen LogP contribution < -0.4 is 35.2 Å². The number of hydrogen-bond acceptors (Lipinski definition) is 12. The summed E-state index contributed by atoms with van der Waals surface area (Å²) < 4.78 is 64.6. The number of anilines is 3. The zero-order valence-electron chi connectivity index (χ0n) is 32.5. The van der Waals surface area contributed by atoms with E-state index < -0.39 is 40.3 Å². The maximum Gasteiger partial charge on any atom is 0.341 e. The number of hydrogen-bond donors (Lipinski definition) is 2. The molecule has 0 spiro atoms. The Morgan fingerprint density at radius 3 is 2.37 bits per heavy atom. The van der Waals surface area contributed by atoms with Gasteiger partial charge in [-0.1, -0.05) is 0 Å². The molecule has 3 N–H and O–H groups in total. The number of benzene rings is 3. The van der Waals surface area contributed by atoms with Crippen molar-refractivity contribution in [1.82, 2.24) is 19.4 Å². The molecule has 5 aromatic rings. The molecule has 2 aliphatic heterocycles. The van der Waals surface area contributed by atoms with E-state index in [2.05, 4.69) is 15.0 Å². The average Bonchev–Trinajstić information content (AvgIpc) is 4.03. The van der Waals surface area contributed by atoms with Crippen LogP contribution in [0.4, 0.5) is 36.3 Å². The number of fused-ring (bicyclic) bond motifs is 2. The van der Waals surface area contributed by atoms with Gasteiger partial charge in [-0.2, -0.15) is 4.98 Å². The lowest BCUT2D eigenvalue weighted by molar-refractivity contribution is -0.112. The first kappa shape index (κ1) is 39.2. The first-order valence-electron chi connectivity index (χ1n) is 18.7. The van der Waals surface area contributed by atoms with Gasteiger partial charge in [0.25, 0.3) is 11.9 Å². The highest BCUT2D eigenvalue weighted by atomic mass is 19.1. The van der Waals surface area contributed by atoms with Crippen molar-refractivity contribution in [3.8, 4) is 17.2 Å². The number of rotatable bonds is 11. The number of aromatic carboxylic acids is 1. The molecule has 1 unspecified atom stereocenters. The third-order valence-corrected chi connectivity index (χ3v) is 10.9. The highest BCUT2D eigenvalue weighted by Crippen LogP contribution is 2.41. The van der Waals surface area contributed by atoms with Crippen LogP contribution in [0.15, 0.2) is 58.6 Å². The van der Waals surface area contributed by atoms with Crippen LogP contribution in [0, 0.1) is 17.5 Å². The maximum absolute atomic E-state index is 16.4. The summed E-state index contributed by atoms with van der Waals surface area (Å²) in [6, 6.07) is 7.85. The molecule has 4 heterocycles. The van der Waals surface area contributed by atoms with Gasteiger partial charge < -0.3 is 34.5 Å². The van der Waals surface area contributed by atoms with Gasteiger partial charge in [-0.05, 0) is 61.7 Å². The van der Waals surface area contributed by atoms with E-state index in [0.717, 1.165) is 17.8 Å². The highest BCUT2D eigenvalue weighted by molar-refractivity contribution is 6.54. The van der Waals surface area contributed by atoms with Gasteiger partial charge in [-0.15, -0.1) is 0 Å². The molecule has 0 radical (unpaired) electrons. The molecule has 1 aliphatic carbocycles. The van der Waals surface area contributed by atoms with E-state index in [1.54, 1.807) is 17.0 Å². The Morgan fingerprint density at radius 1 is 1.02 bits per heavy atom. The number of halogens is 3. The minimum Gasteiger partial charge on any atom is -0.493 e. The molecule has 59 heavy (non-hydrogen) atoms. The Bertz CT molecular complexity index is 2630. The zero-order valence-corrected chi connectivity index (χ0v) is 32.5. The van der Waals surface area contributed by atoms with Crippen molar-refractivity contribution in [2.45, 2.75) is 38.3 Å². The molecule has 2 aromatic heterocycles. The number of carboxylic acids is 1. The fourth-order valence-corrected chi connectivity index (χ4v) is 7.80. The molecule has 1 atom stereocenters. The van der Waals surface area contributed by atoms with E-state index in [1.807, 2.05) is 11.8 Å². The van der Waals surface area contributed by atoms with Crippen LogP contribution in [0.5, 0.6) is 17.2 Å². The van der Waals surface area contributed by atoms with Crippen LogP contribution in [0.1, 0.15) is 52.9 Å². The summed E-state index contributed by atoms with van der Waals surface area (Å²) in [5.41, 5.74) is 6.29. The number of aromatic nitrogens is 3. The number of ether oxygens (including phenoxy) is 3. The Morgan fingerprint density at radius 2 is 1.75 bits per heavy atom. The number of methoxy groups -OCH3 is 3. The molecule has 1 amide bonds. The van der Waals surface area contributed by atoms with Crippen LogP contribution in [0.25, 0.3) is 10.9 Å². The number of carbonyl (C=O) groups excluding carboxylic acids is 1. The van der Waals surface area contributed by atoms with Crippen molar-refractivity contribution in [1.29, 1.82) is 0 Å². The molecule has 3 aromatic carbocycles. The second-order valence-electron chi connectivity index (χ2n) is 14.6. The normalized spacial score (nSPS) is 17.5. The van der Waals surface area contributed by atoms with Gasteiger partial charge in [-0.25, -0.2) is 27.9 Å². The number of nitrogens with two attached hydrogens (primary N) is 1. The van der Waals surface area contributed by atoms with Crippen molar-refractivity contribution in [2.24, 2.45) is 4.99 Å². The van der Waals surface area contributed by atoms with E-state index in [0.29, 0.717) is 47.8 Å². The predicted molar refractivity (Wildman–Crippen MR) is 212 cm³/mol. The summed E-state index contributed by atoms with van der Waals surface area (Å²) >= 11 is 0. The molecule has 15 nitrogen and oxygen atoms in total. The van der Waals surface area contributed by atoms with Crippen LogP contribution in [0.2, 0.25) is 0 Å². The van der Waals surface area contributed by atoms with Crippen molar-refractivity contribution in [3.63, 3.8) is 0 Å². The minimum absolute atomic E-state index is 0.0457. The second kappa shape index (κ2) is 15.2. The first-order valence-corrected chi connectivity index (χ1v) is 18.7. The van der Waals surface area contributed by atoms with Gasteiger partial charge in [-0.3, -0.25) is 19.4 Å². The van der Waals surface area contributed by atoms with E-state index in [4.69, 9.17) is 19.9 Å². The van der Waals surface area contributed by atoms with Crippen LogP contribution in [-0.4, -0.2) is 95.8 Å². The minimum atomic E-state index is -1.47. The van der Waals surface area contributed by atoms with Crippen LogP contribution >= 0.6 is 0 Å². The summed E-state index contributed by atoms with van der Waals surface area (Å²) in [5.74, 6) is -3.15. The summed E-state index contributed by atoms with van der Waals surface area (Å²) in [6.07, 6.45) is 4.28. The number of nitrogens with zero attached hydrogens (tertiary/aromatic N) is 7. The molecule has 306 valence electrons. The lowest BCUT2D eigenvalue weighted by atomic mass is 10.1. The summed E-state index contributed by atoms with van der Waals surface area (Å²) in [6.45, 7) is 2.46. The standard InChI is InChI=1S/C41H39F3N8O7/c1-20-17-49(35-28(43)15-26-34(32(35)44)51(24-6-7-24)18-27(36(26)53)40(55)56)9-10-50(20)19-52-29-8-5-23(42)14-25(29)33(39(52)54)47-41-46-16-22(38(45)48-41)11-21-12-30(57-2)37(59-4)31(13-21)58-3/h5,8,12-16,18,20,24H,6-7,9-11,17,19H2,1-4H3,(H,55,56)(H2,45,46,48)/b47-33-. The lowest BCUT2D eigenvalue weighted by Gasteiger charge is -2.42. The van der Waals surface area contributed by atoms with Gasteiger partial charge in [0, 0.05) is 61.7 Å². The average molecular weight is 813 g/mol. The third-order valence-electron chi connectivity index (χ3n) is 10.9. The number of piperazine rings is 1. The Hall–Kier alpha value is -6.69. The van der Waals surface area contributed by atoms with Gasteiger partial charge in [0.05, 0.1) is 44.6 Å². The fourth-order valence-electron chi connectivity index (χ4n) is 7.80. The third kappa shape index (κ3) is 7.02. The molecule has 3 aliphatic rings. The largest absolute Gasteiger partial charge is 0.493 e. The summed E-state index contributed by atoms with van der Waals surface area (Å²) in [4.78, 5) is 56.9. The smallest absolute Gasteiger partial charge is 0.341 e. The quantitative estimate of drug-likeness (QED) is 0.181. The van der Waals surface area contributed by atoms with Gasteiger partial charge in [0.1, 0.15) is 34.4 Å². The van der Waals surface area contributed by atoms with Crippen molar-refractivity contribution >= 4 is 51.6 Å². The van der Waals surface area contributed by atoms with E-state index in [1.165, 1.54) is 55.2 Å². The molecule has 8 rings (SSSR count).